The molecule has 1 saturated heterocycles. The number of nitrogens with zero attached hydrogens (tertiary/aromatic N) is 1. The van der Waals surface area contributed by atoms with Gasteiger partial charge in [-0.3, -0.25) is 10.1 Å². The Morgan fingerprint density at radius 1 is 1.47 bits per heavy atom. The molecule has 0 bridgehead atoms. The van der Waals surface area contributed by atoms with Crippen LogP contribution in [0.4, 0.5) is 0 Å². The monoisotopic (exact) mass is 240 g/mol. The minimum absolute atomic E-state index is 0.0200. The van der Waals surface area contributed by atoms with Crippen LogP contribution in [0.25, 0.3) is 0 Å². The predicted octanol–water partition coefficient (Wildman–Crippen LogP) is 1.36. The molecule has 17 heavy (non-hydrogen) atoms. The molecular formula is C13H24N2O2. The van der Waals surface area contributed by atoms with Gasteiger partial charge in [-0.1, -0.05) is 13.8 Å². The van der Waals surface area contributed by atoms with Gasteiger partial charge in [0.05, 0.1) is 18.3 Å². The SMILES string of the molecule is COC1CC(N2C(=O)C(CC(C)C)NC2C)C1. The molecule has 0 radical (unpaired) electrons. The number of rotatable bonds is 4. The summed E-state index contributed by atoms with van der Waals surface area (Å²) in [6.45, 7) is 6.40. The molecule has 1 heterocycles. The van der Waals surface area contributed by atoms with Crippen molar-refractivity contribution in [2.75, 3.05) is 7.11 Å². The number of amides is 1. The largest absolute Gasteiger partial charge is 0.381 e. The second-order valence-corrected chi connectivity index (χ2v) is 5.75. The Bertz CT molecular complexity index is 287. The van der Waals surface area contributed by atoms with Crippen molar-refractivity contribution >= 4 is 5.91 Å². The molecule has 1 aliphatic carbocycles. The van der Waals surface area contributed by atoms with E-state index in [1.165, 1.54) is 0 Å². The summed E-state index contributed by atoms with van der Waals surface area (Å²) >= 11 is 0. The van der Waals surface area contributed by atoms with E-state index < -0.39 is 0 Å². The summed E-state index contributed by atoms with van der Waals surface area (Å²) in [6.07, 6.45) is 3.43. The Morgan fingerprint density at radius 3 is 2.65 bits per heavy atom. The molecule has 2 aliphatic rings. The van der Waals surface area contributed by atoms with Crippen molar-refractivity contribution in [3.8, 4) is 0 Å². The third-order valence-electron chi connectivity index (χ3n) is 3.92. The first-order chi connectivity index (χ1) is 8.02. The van der Waals surface area contributed by atoms with E-state index in [2.05, 4.69) is 26.1 Å². The van der Waals surface area contributed by atoms with Crippen molar-refractivity contribution in [1.82, 2.24) is 10.2 Å². The normalized spacial score (nSPS) is 37.7. The summed E-state index contributed by atoms with van der Waals surface area (Å²) in [4.78, 5) is 14.3. The zero-order chi connectivity index (χ0) is 12.6. The average Bonchev–Trinajstić information content (AvgIpc) is 2.43. The molecule has 2 fully saturated rings. The van der Waals surface area contributed by atoms with Crippen LogP contribution in [0.3, 0.4) is 0 Å². The lowest BCUT2D eigenvalue weighted by molar-refractivity contribution is -0.137. The van der Waals surface area contributed by atoms with Gasteiger partial charge in [0.2, 0.25) is 5.91 Å². The van der Waals surface area contributed by atoms with Crippen molar-refractivity contribution in [1.29, 1.82) is 0 Å². The van der Waals surface area contributed by atoms with Gasteiger partial charge in [0.15, 0.2) is 0 Å². The first kappa shape index (κ1) is 12.8. The molecule has 1 aliphatic heterocycles. The third-order valence-corrected chi connectivity index (χ3v) is 3.92. The topological polar surface area (TPSA) is 41.6 Å². The third kappa shape index (κ3) is 2.47. The summed E-state index contributed by atoms with van der Waals surface area (Å²) in [5.41, 5.74) is 0. The van der Waals surface area contributed by atoms with Crippen molar-refractivity contribution < 1.29 is 9.53 Å². The van der Waals surface area contributed by atoms with Gasteiger partial charge in [-0.05, 0) is 32.1 Å². The Kier molecular flexibility index (Phi) is 3.73. The minimum Gasteiger partial charge on any atom is -0.381 e. The van der Waals surface area contributed by atoms with E-state index in [9.17, 15) is 4.79 Å². The molecule has 4 nitrogen and oxygen atoms in total. The van der Waals surface area contributed by atoms with Gasteiger partial charge < -0.3 is 9.64 Å². The van der Waals surface area contributed by atoms with E-state index in [0.717, 1.165) is 19.3 Å². The molecule has 0 aromatic rings. The second-order valence-electron chi connectivity index (χ2n) is 5.75. The second kappa shape index (κ2) is 4.94. The maximum Gasteiger partial charge on any atom is 0.241 e. The summed E-state index contributed by atoms with van der Waals surface area (Å²) in [5.74, 6) is 0.836. The van der Waals surface area contributed by atoms with Crippen molar-refractivity contribution in [2.45, 2.75) is 64.4 Å². The lowest BCUT2D eigenvalue weighted by Crippen LogP contribution is -2.52. The molecule has 0 spiro atoms. The van der Waals surface area contributed by atoms with Gasteiger partial charge in [0, 0.05) is 13.2 Å². The highest BCUT2D eigenvalue weighted by Crippen LogP contribution is 2.32. The number of carbonyl (C=O) groups is 1. The summed E-state index contributed by atoms with van der Waals surface area (Å²) in [7, 11) is 1.75. The van der Waals surface area contributed by atoms with Crippen LogP contribution in [-0.4, -0.2) is 42.3 Å². The standard InChI is InChI=1S/C13H24N2O2/c1-8(2)5-12-13(16)15(9(3)14-12)10-6-11(7-10)17-4/h8-12,14H,5-7H2,1-4H3. The highest BCUT2D eigenvalue weighted by atomic mass is 16.5. The molecule has 2 atom stereocenters. The van der Waals surface area contributed by atoms with E-state index in [4.69, 9.17) is 4.74 Å². The number of nitrogens with one attached hydrogen (secondary N) is 1. The molecule has 4 heteroatoms. The highest BCUT2D eigenvalue weighted by Gasteiger charge is 2.45. The fourth-order valence-electron chi connectivity index (χ4n) is 2.91. The first-order valence-electron chi connectivity index (χ1n) is 6.64. The molecule has 0 aromatic heterocycles. The highest BCUT2D eigenvalue weighted by molar-refractivity contribution is 5.84. The van der Waals surface area contributed by atoms with Gasteiger partial charge in [0.1, 0.15) is 0 Å². The number of hydrogen-bond acceptors (Lipinski definition) is 3. The van der Waals surface area contributed by atoms with Crippen LogP contribution in [0, 0.1) is 5.92 Å². The molecule has 1 N–H and O–H groups in total. The Hall–Kier alpha value is -0.610. The van der Waals surface area contributed by atoms with E-state index >= 15 is 0 Å². The summed E-state index contributed by atoms with van der Waals surface area (Å²) < 4.78 is 5.28. The number of carbonyl (C=O) groups excluding carboxylic acids is 1. The van der Waals surface area contributed by atoms with Crippen molar-refractivity contribution in [3.63, 3.8) is 0 Å². The zero-order valence-corrected chi connectivity index (χ0v) is 11.3. The predicted molar refractivity (Wildman–Crippen MR) is 66.5 cm³/mol. The van der Waals surface area contributed by atoms with Crippen LogP contribution in [0.15, 0.2) is 0 Å². The van der Waals surface area contributed by atoms with Gasteiger partial charge in [-0.25, -0.2) is 0 Å². The lowest BCUT2D eigenvalue weighted by Gasteiger charge is -2.41. The molecular weight excluding hydrogens is 216 g/mol. The summed E-state index contributed by atoms with van der Waals surface area (Å²) in [6, 6.07) is 0.402. The van der Waals surface area contributed by atoms with E-state index in [1.807, 2.05) is 4.90 Å². The number of methoxy groups -OCH3 is 1. The van der Waals surface area contributed by atoms with E-state index in [1.54, 1.807) is 7.11 Å². The van der Waals surface area contributed by atoms with Crippen LogP contribution < -0.4 is 5.32 Å². The van der Waals surface area contributed by atoms with Crippen LogP contribution in [0.5, 0.6) is 0 Å². The smallest absolute Gasteiger partial charge is 0.241 e. The van der Waals surface area contributed by atoms with Gasteiger partial charge in [-0.2, -0.15) is 0 Å². The quantitative estimate of drug-likeness (QED) is 0.806. The summed E-state index contributed by atoms with van der Waals surface area (Å²) in [5, 5.41) is 3.40. The molecule has 0 aromatic carbocycles. The van der Waals surface area contributed by atoms with Gasteiger partial charge in [-0.15, -0.1) is 0 Å². The fourth-order valence-corrected chi connectivity index (χ4v) is 2.91. The van der Waals surface area contributed by atoms with Crippen molar-refractivity contribution in [2.24, 2.45) is 5.92 Å². The number of ether oxygens (including phenoxy) is 1. The maximum atomic E-state index is 12.3. The zero-order valence-electron chi connectivity index (χ0n) is 11.3. The Morgan fingerprint density at radius 2 is 2.12 bits per heavy atom. The maximum absolute atomic E-state index is 12.3. The van der Waals surface area contributed by atoms with Crippen LogP contribution >= 0.6 is 0 Å². The number of hydrogen-bond donors (Lipinski definition) is 1. The molecule has 1 saturated carbocycles. The van der Waals surface area contributed by atoms with E-state index in [-0.39, 0.29) is 18.1 Å². The fraction of sp³-hybridized carbons (Fsp3) is 0.923. The Labute approximate surface area is 104 Å². The molecule has 2 unspecified atom stereocenters. The lowest BCUT2D eigenvalue weighted by atomic mass is 9.87. The van der Waals surface area contributed by atoms with Crippen LogP contribution in [-0.2, 0) is 9.53 Å². The van der Waals surface area contributed by atoms with Crippen LogP contribution in [0.1, 0.15) is 40.0 Å². The molecule has 2 rings (SSSR count). The average molecular weight is 240 g/mol. The van der Waals surface area contributed by atoms with Crippen LogP contribution in [0.2, 0.25) is 0 Å². The first-order valence-corrected chi connectivity index (χ1v) is 6.64. The van der Waals surface area contributed by atoms with E-state index in [0.29, 0.717) is 18.1 Å². The Balaban J connectivity index is 1.93. The minimum atomic E-state index is 0.0200. The van der Waals surface area contributed by atoms with Gasteiger partial charge in [0.25, 0.3) is 0 Å². The molecule has 98 valence electrons. The van der Waals surface area contributed by atoms with Gasteiger partial charge >= 0.3 is 0 Å². The molecule has 1 amide bonds. The van der Waals surface area contributed by atoms with Crippen molar-refractivity contribution in [3.05, 3.63) is 0 Å².